The molecule has 0 spiro atoms. The maximum Gasteiger partial charge on any atom is 0.238 e. The number of benzene rings is 2. The molecule has 3 rings (SSSR count). The second-order valence-electron chi connectivity index (χ2n) is 5.96. The number of amides is 1. The van der Waals surface area contributed by atoms with Crippen LogP contribution in [0.25, 0.3) is 0 Å². The number of carbonyl (C=O) groups excluding carboxylic acids is 1. The number of nitrogens with zero attached hydrogens (tertiary/aromatic N) is 2. The summed E-state index contributed by atoms with van der Waals surface area (Å²) >= 11 is 6.08. The molecular weight excluding hydrogens is 338 g/mol. The van der Waals surface area contributed by atoms with E-state index in [1.807, 2.05) is 30.3 Å². The van der Waals surface area contributed by atoms with Crippen LogP contribution >= 0.6 is 11.6 Å². The molecule has 1 aliphatic heterocycles. The van der Waals surface area contributed by atoms with Crippen LogP contribution in [-0.2, 0) is 4.79 Å². The van der Waals surface area contributed by atoms with Gasteiger partial charge < -0.3 is 15.0 Å². The Bertz CT molecular complexity index is 730. The quantitative estimate of drug-likeness (QED) is 0.891. The molecule has 0 unspecified atom stereocenters. The number of methoxy groups -OCH3 is 1. The molecule has 0 bridgehead atoms. The van der Waals surface area contributed by atoms with Gasteiger partial charge in [0, 0.05) is 26.2 Å². The van der Waals surface area contributed by atoms with E-state index >= 15 is 0 Å². The van der Waals surface area contributed by atoms with E-state index in [0.717, 1.165) is 37.6 Å². The Morgan fingerprint density at radius 1 is 1.08 bits per heavy atom. The van der Waals surface area contributed by atoms with Gasteiger partial charge in [0.25, 0.3) is 0 Å². The summed E-state index contributed by atoms with van der Waals surface area (Å²) in [6, 6.07) is 15.3. The first kappa shape index (κ1) is 17.6. The molecule has 132 valence electrons. The van der Waals surface area contributed by atoms with E-state index < -0.39 is 0 Å². The van der Waals surface area contributed by atoms with Crippen LogP contribution in [0.3, 0.4) is 0 Å². The molecular formula is C19H22ClN3O2. The second-order valence-corrected chi connectivity index (χ2v) is 6.37. The Labute approximate surface area is 153 Å². The molecule has 1 N–H and O–H groups in total. The number of halogens is 1. The standard InChI is InChI=1S/C19H22ClN3O2/c1-25-18-9-5-4-8-17(18)23-12-10-22(11-13-23)14-19(24)21-16-7-3-2-6-15(16)20/h2-9H,10-14H2,1H3,(H,21,24). The predicted molar refractivity (Wildman–Crippen MR) is 102 cm³/mol. The fraction of sp³-hybridized carbons (Fsp3) is 0.316. The first-order chi connectivity index (χ1) is 12.2. The summed E-state index contributed by atoms with van der Waals surface area (Å²) in [7, 11) is 1.69. The largest absolute Gasteiger partial charge is 0.495 e. The lowest BCUT2D eigenvalue weighted by Crippen LogP contribution is -2.48. The van der Waals surface area contributed by atoms with Crippen LogP contribution in [0, 0.1) is 0 Å². The molecule has 0 aromatic heterocycles. The van der Waals surface area contributed by atoms with Gasteiger partial charge in [0.15, 0.2) is 0 Å². The highest BCUT2D eigenvalue weighted by Crippen LogP contribution is 2.28. The van der Waals surface area contributed by atoms with Crippen molar-refractivity contribution in [2.75, 3.05) is 50.1 Å². The summed E-state index contributed by atoms with van der Waals surface area (Å²) in [5, 5.41) is 3.43. The van der Waals surface area contributed by atoms with Gasteiger partial charge in [0.2, 0.25) is 5.91 Å². The lowest BCUT2D eigenvalue weighted by atomic mass is 10.2. The normalized spacial score (nSPS) is 15.0. The van der Waals surface area contributed by atoms with Gasteiger partial charge in [0.05, 0.1) is 30.1 Å². The summed E-state index contributed by atoms with van der Waals surface area (Å²) in [5.41, 5.74) is 1.76. The SMILES string of the molecule is COc1ccccc1N1CCN(CC(=O)Nc2ccccc2Cl)CC1. The van der Waals surface area contributed by atoms with Crippen LogP contribution in [-0.4, -0.2) is 50.6 Å². The van der Waals surface area contributed by atoms with E-state index in [1.54, 1.807) is 19.2 Å². The lowest BCUT2D eigenvalue weighted by Gasteiger charge is -2.36. The molecule has 0 saturated carbocycles. The molecule has 0 atom stereocenters. The highest BCUT2D eigenvalue weighted by molar-refractivity contribution is 6.33. The number of anilines is 2. The highest BCUT2D eigenvalue weighted by atomic mass is 35.5. The minimum Gasteiger partial charge on any atom is -0.495 e. The number of rotatable bonds is 5. The van der Waals surface area contributed by atoms with Crippen molar-refractivity contribution >= 4 is 28.9 Å². The number of hydrogen-bond donors (Lipinski definition) is 1. The van der Waals surface area contributed by atoms with Crippen molar-refractivity contribution in [1.29, 1.82) is 0 Å². The number of hydrogen-bond acceptors (Lipinski definition) is 4. The maximum absolute atomic E-state index is 12.2. The molecule has 2 aromatic rings. The van der Waals surface area contributed by atoms with E-state index in [4.69, 9.17) is 16.3 Å². The zero-order valence-corrected chi connectivity index (χ0v) is 15.0. The minimum atomic E-state index is -0.0427. The first-order valence-corrected chi connectivity index (χ1v) is 8.70. The Balaban J connectivity index is 1.52. The van der Waals surface area contributed by atoms with E-state index in [1.165, 1.54) is 0 Å². The van der Waals surface area contributed by atoms with Crippen molar-refractivity contribution in [2.45, 2.75) is 0 Å². The monoisotopic (exact) mass is 359 g/mol. The van der Waals surface area contributed by atoms with E-state index in [2.05, 4.69) is 21.2 Å². The van der Waals surface area contributed by atoms with Crippen LogP contribution in [0.4, 0.5) is 11.4 Å². The molecule has 1 saturated heterocycles. The van der Waals surface area contributed by atoms with Crippen molar-refractivity contribution in [3.05, 3.63) is 53.6 Å². The van der Waals surface area contributed by atoms with E-state index in [-0.39, 0.29) is 5.91 Å². The Morgan fingerprint density at radius 2 is 1.76 bits per heavy atom. The number of nitrogens with one attached hydrogen (secondary N) is 1. The van der Waals surface area contributed by atoms with Gasteiger partial charge in [-0.25, -0.2) is 0 Å². The minimum absolute atomic E-state index is 0.0427. The van der Waals surface area contributed by atoms with Gasteiger partial charge >= 0.3 is 0 Å². The predicted octanol–water partition coefficient (Wildman–Crippen LogP) is 3.11. The number of piperazine rings is 1. The van der Waals surface area contributed by atoms with Gasteiger partial charge in [-0.3, -0.25) is 9.69 Å². The molecule has 5 nitrogen and oxygen atoms in total. The molecule has 1 aliphatic rings. The fourth-order valence-electron chi connectivity index (χ4n) is 2.99. The summed E-state index contributed by atoms with van der Waals surface area (Å²) in [4.78, 5) is 16.7. The number of carbonyl (C=O) groups is 1. The first-order valence-electron chi connectivity index (χ1n) is 8.32. The summed E-state index contributed by atoms with van der Waals surface area (Å²) in [6.07, 6.45) is 0. The number of ether oxygens (including phenoxy) is 1. The van der Waals surface area contributed by atoms with Gasteiger partial charge in [-0.1, -0.05) is 35.9 Å². The van der Waals surface area contributed by atoms with Crippen molar-refractivity contribution in [1.82, 2.24) is 4.90 Å². The third-order valence-corrected chi connectivity index (χ3v) is 4.64. The van der Waals surface area contributed by atoms with Gasteiger partial charge in [-0.05, 0) is 24.3 Å². The summed E-state index contributed by atoms with van der Waals surface area (Å²) in [6.45, 7) is 3.74. The van der Waals surface area contributed by atoms with Crippen LogP contribution < -0.4 is 15.0 Å². The third-order valence-electron chi connectivity index (χ3n) is 4.31. The molecule has 0 aliphatic carbocycles. The summed E-state index contributed by atoms with van der Waals surface area (Å²) in [5.74, 6) is 0.839. The van der Waals surface area contributed by atoms with Crippen molar-refractivity contribution in [3.8, 4) is 5.75 Å². The van der Waals surface area contributed by atoms with Crippen LogP contribution in [0.2, 0.25) is 5.02 Å². The van der Waals surface area contributed by atoms with Gasteiger partial charge in [-0.2, -0.15) is 0 Å². The molecule has 1 heterocycles. The summed E-state index contributed by atoms with van der Waals surface area (Å²) < 4.78 is 5.44. The molecule has 2 aromatic carbocycles. The Hall–Kier alpha value is -2.24. The Kier molecular flexibility index (Phi) is 5.79. The topological polar surface area (TPSA) is 44.8 Å². The number of para-hydroxylation sites is 3. The zero-order valence-electron chi connectivity index (χ0n) is 14.2. The van der Waals surface area contributed by atoms with Gasteiger partial charge in [-0.15, -0.1) is 0 Å². The van der Waals surface area contributed by atoms with Crippen LogP contribution in [0.5, 0.6) is 5.75 Å². The van der Waals surface area contributed by atoms with Crippen molar-refractivity contribution < 1.29 is 9.53 Å². The molecule has 6 heteroatoms. The van der Waals surface area contributed by atoms with Crippen molar-refractivity contribution in [2.24, 2.45) is 0 Å². The average molecular weight is 360 g/mol. The van der Waals surface area contributed by atoms with E-state index in [9.17, 15) is 4.79 Å². The highest BCUT2D eigenvalue weighted by Gasteiger charge is 2.21. The van der Waals surface area contributed by atoms with E-state index in [0.29, 0.717) is 17.3 Å². The third kappa shape index (κ3) is 4.44. The molecule has 25 heavy (non-hydrogen) atoms. The smallest absolute Gasteiger partial charge is 0.238 e. The van der Waals surface area contributed by atoms with Crippen LogP contribution in [0.15, 0.2) is 48.5 Å². The van der Waals surface area contributed by atoms with Gasteiger partial charge in [0.1, 0.15) is 5.75 Å². The molecule has 1 fully saturated rings. The van der Waals surface area contributed by atoms with Crippen molar-refractivity contribution in [3.63, 3.8) is 0 Å². The lowest BCUT2D eigenvalue weighted by molar-refractivity contribution is -0.117. The Morgan fingerprint density at radius 3 is 2.48 bits per heavy atom. The second kappa shape index (κ2) is 8.23. The molecule has 0 radical (unpaired) electrons. The maximum atomic E-state index is 12.2. The van der Waals surface area contributed by atoms with Crippen LogP contribution in [0.1, 0.15) is 0 Å². The molecule has 1 amide bonds. The fourth-order valence-corrected chi connectivity index (χ4v) is 3.18. The average Bonchev–Trinajstić information content (AvgIpc) is 2.64. The zero-order chi connectivity index (χ0) is 17.6.